The molecule has 0 aliphatic heterocycles. The molecule has 3 rings (SSSR count). The molecule has 0 radical (unpaired) electrons. The fraction of sp³-hybridized carbons (Fsp3) is 0.222. The molecule has 1 heterocycles. The highest BCUT2D eigenvalue weighted by molar-refractivity contribution is 5.53. The summed E-state index contributed by atoms with van der Waals surface area (Å²) in [5, 5.41) is 16.9. The van der Waals surface area contributed by atoms with Crippen LogP contribution >= 0.6 is 0 Å². The van der Waals surface area contributed by atoms with Crippen LogP contribution in [0.1, 0.15) is 11.4 Å². The number of aryl methyl sites for hydroxylation is 1. The largest absolute Gasteiger partial charge is 0.289 e. The fourth-order valence-corrected chi connectivity index (χ4v) is 2.41. The second kappa shape index (κ2) is 6.22. The first-order valence-electron chi connectivity index (χ1n) is 7.56. The predicted molar refractivity (Wildman–Crippen MR) is 91.6 cm³/mol. The molecule has 0 aliphatic rings. The molecule has 5 heteroatoms. The Balaban J connectivity index is 1.79. The molecule has 0 fully saturated rings. The van der Waals surface area contributed by atoms with Crippen LogP contribution in [0.4, 0.5) is 5.69 Å². The third-order valence-corrected chi connectivity index (χ3v) is 3.82. The van der Waals surface area contributed by atoms with Crippen molar-refractivity contribution in [2.45, 2.75) is 13.5 Å². The lowest BCUT2D eigenvalue weighted by atomic mass is 10.1. The molecule has 0 unspecified atom stereocenters. The Morgan fingerprint density at radius 1 is 0.783 bits per heavy atom. The molecule has 0 atom stereocenters. The van der Waals surface area contributed by atoms with E-state index in [-0.39, 0.29) is 0 Å². The van der Waals surface area contributed by atoms with E-state index in [4.69, 9.17) is 0 Å². The van der Waals surface area contributed by atoms with Crippen molar-refractivity contribution in [1.29, 1.82) is 0 Å². The highest BCUT2D eigenvalue weighted by Crippen LogP contribution is 2.20. The average Bonchev–Trinajstić information content (AvgIpc) is 2.57. The molecule has 0 saturated carbocycles. The van der Waals surface area contributed by atoms with Gasteiger partial charge in [-0.2, -0.15) is 0 Å². The molecule has 2 aromatic carbocycles. The monoisotopic (exact) mass is 306 g/mol. The summed E-state index contributed by atoms with van der Waals surface area (Å²) in [6, 6.07) is 18.3. The van der Waals surface area contributed by atoms with Gasteiger partial charge in [-0.15, -0.1) is 20.4 Å². The van der Waals surface area contributed by atoms with Crippen LogP contribution in [0.2, 0.25) is 0 Å². The summed E-state index contributed by atoms with van der Waals surface area (Å²) in [5.74, 6) is 1.19. The molecule has 0 amide bonds. The molecule has 0 N–H and O–H groups in total. The second-order valence-corrected chi connectivity index (χ2v) is 6.18. The third-order valence-electron chi connectivity index (χ3n) is 3.82. The van der Waals surface area contributed by atoms with Gasteiger partial charge in [0, 0.05) is 5.56 Å². The van der Waals surface area contributed by atoms with Gasteiger partial charge in [0.05, 0.1) is 14.1 Å². The van der Waals surface area contributed by atoms with E-state index in [0.717, 1.165) is 5.56 Å². The van der Waals surface area contributed by atoms with Gasteiger partial charge in [0.2, 0.25) is 11.6 Å². The van der Waals surface area contributed by atoms with E-state index < -0.39 is 0 Å². The quantitative estimate of drug-likeness (QED) is 0.695. The van der Waals surface area contributed by atoms with Crippen molar-refractivity contribution in [2.24, 2.45) is 0 Å². The van der Waals surface area contributed by atoms with E-state index in [0.29, 0.717) is 22.7 Å². The van der Waals surface area contributed by atoms with Crippen LogP contribution in [0, 0.1) is 6.92 Å². The van der Waals surface area contributed by atoms with Crippen molar-refractivity contribution in [3.63, 3.8) is 0 Å². The van der Waals surface area contributed by atoms with Gasteiger partial charge in [-0.05, 0) is 19.1 Å². The van der Waals surface area contributed by atoms with Crippen LogP contribution in [-0.4, -0.2) is 34.5 Å². The minimum atomic E-state index is 0.554. The Morgan fingerprint density at radius 3 is 2.00 bits per heavy atom. The first kappa shape index (κ1) is 15.2. The van der Waals surface area contributed by atoms with Gasteiger partial charge in [0.1, 0.15) is 12.2 Å². The zero-order valence-electron chi connectivity index (χ0n) is 13.6. The second-order valence-electron chi connectivity index (χ2n) is 6.18. The average molecular weight is 306 g/mol. The number of hydrogen-bond donors (Lipinski definition) is 0. The van der Waals surface area contributed by atoms with Crippen LogP contribution in [-0.2, 0) is 6.54 Å². The molecule has 1 aromatic heterocycles. The molecule has 0 bridgehead atoms. The van der Waals surface area contributed by atoms with Crippen molar-refractivity contribution in [3.8, 4) is 11.4 Å². The minimum absolute atomic E-state index is 0.554. The van der Waals surface area contributed by atoms with E-state index in [1.165, 1.54) is 11.3 Å². The summed E-state index contributed by atoms with van der Waals surface area (Å²) in [6.07, 6.45) is 0. The van der Waals surface area contributed by atoms with Gasteiger partial charge in [0.25, 0.3) is 0 Å². The number of quaternary nitrogens is 1. The maximum absolute atomic E-state index is 4.25. The highest BCUT2D eigenvalue weighted by atomic mass is 15.4. The maximum Gasteiger partial charge on any atom is 0.227 e. The molecule has 0 spiro atoms. The van der Waals surface area contributed by atoms with Crippen molar-refractivity contribution in [1.82, 2.24) is 24.9 Å². The summed E-state index contributed by atoms with van der Waals surface area (Å²) >= 11 is 0. The lowest BCUT2D eigenvalue weighted by molar-refractivity contribution is 0.376. The van der Waals surface area contributed by atoms with Crippen LogP contribution < -0.4 is 4.48 Å². The Labute approximate surface area is 136 Å². The van der Waals surface area contributed by atoms with Gasteiger partial charge in [-0.1, -0.05) is 48.0 Å². The van der Waals surface area contributed by atoms with Gasteiger partial charge in [-0.3, -0.25) is 4.48 Å². The standard InChI is InChI=1S/C18H20N5/c1-14-9-11-15(12-10-14)18-21-19-17(20-22-18)13-23(2,3)16-7-5-4-6-8-16/h4-12H,13H2,1-3H3/q+1. The molecule has 0 saturated heterocycles. The number of hydrogen-bond acceptors (Lipinski definition) is 4. The van der Waals surface area contributed by atoms with Crippen LogP contribution in [0.25, 0.3) is 11.4 Å². The van der Waals surface area contributed by atoms with E-state index >= 15 is 0 Å². The van der Waals surface area contributed by atoms with Crippen molar-refractivity contribution in [2.75, 3.05) is 14.1 Å². The Morgan fingerprint density at radius 2 is 1.39 bits per heavy atom. The zero-order chi connectivity index (χ0) is 16.3. The van der Waals surface area contributed by atoms with Gasteiger partial charge >= 0.3 is 0 Å². The SMILES string of the molecule is Cc1ccc(-c2nnc(C[N+](C)(C)c3ccccc3)nn2)cc1. The first-order chi connectivity index (χ1) is 11.0. The Bertz CT molecular complexity index is 765. The number of para-hydroxylation sites is 1. The predicted octanol–water partition coefficient (Wildman–Crippen LogP) is 3.01. The van der Waals surface area contributed by atoms with Crippen LogP contribution in [0.15, 0.2) is 54.6 Å². The minimum Gasteiger partial charge on any atom is -0.289 e. The number of aromatic nitrogens is 4. The molecule has 116 valence electrons. The summed E-state index contributed by atoms with van der Waals surface area (Å²) in [7, 11) is 4.24. The smallest absolute Gasteiger partial charge is 0.227 e. The Kier molecular flexibility index (Phi) is 4.12. The van der Waals surface area contributed by atoms with Crippen molar-refractivity contribution < 1.29 is 0 Å². The lowest BCUT2D eigenvalue weighted by Crippen LogP contribution is -2.40. The van der Waals surface area contributed by atoms with Gasteiger partial charge in [0.15, 0.2) is 0 Å². The lowest BCUT2D eigenvalue weighted by Gasteiger charge is -2.27. The van der Waals surface area contributed by atoms with Crippen molar-refractivity contribution in [3.05, 3.63) is 66.0 Å². The summed E-state index contributed by atoms with van der Waals surface area (Å²) in [4.78, 5) is 0. The normalized spacial score (nSPS) is 11.4. The first-order valence-corrected chi connectivity index (χ1v) is 7.56. The number of nitrogens with zero attached hydrogens (tertiary/aromatic N) is 5. The number of benzene rings is 2. The van der Waals surface area contributed by atoms with Crippen LogP contribution in [0.5, 0.6) is 0 Å². The van der Waals surface area contributed by atoms with Gasteiger partial charge in [-0.25, -0.2) is 0 Å². The van der Waals surface area contributed by atoms with E-state index in [1.54, 1.807) is 0 Å². The molecular formula is C18H20N5+. The summed E-state index contributed by atoms with van der Waals surface area (Å²) < 4.78 is 0.647. The molecular weight excluding hydrogens is 286 g/mol. The molecule has 23 heavy (non-hydrogen) atoms. The van der Waals surface area contributed by atoms with E-state index in [2.05, 4.69) is 46.6 Å². The van der Waals surface area contributed by atoms with Gasteiger partial charge < -0.3 is 0 Å². The van der Waals surface area contributed by atoms with E-state index in [1.807, 2.05) is 49.4 Å². The molecule has 5 nitrogen and oxygen atoms in total. The summed E-state index contributed by atoms with van der Waals surface area (Å²) in [5.41, 5.74) is 3.32. The third kappa shape index (κ3) is 3.57. The summed E-state index contributed by atoms with van der Waals surface area (Å²) in [6.45, 7) is 2.69. The molecule has 0 aliphatic carbocycles. The van der Waals surface area contributed by atoms with Crippen molar-refractivity contribution >= 4 is 5.69 Å². The van der Waals surface area contributed by atoms with Crippen LogP contribution in [0.3, 0.4) is 0 Å². The zero-order valence-corrected chi connectivity index (χ0v) is 13.6. The number of rotatable bonds is 4. The maximum atomic E-state index is 4.25. The highest BCUT2D eigenvalue weighted by Gasteiger charge is 2.21. The topological polar surface area (TPSA) is 51.6 Å². The van der Waals surface area contributed by atoms with E-state index in [9.17, 15) is 0 Å². The Hall–Kier alpha value is -2.66. The fourth-order valence-electron chi connectivity index (χ4n) is 2.41. The molecule has 3 aromatic rings.